The van der Waals surface area contributed by atoms with Gasteiger partial charge < -0.3 is 4.90 Å². The lowest BCUT2D eigenvalue weighted by Gasteiger charge is -2.45. The van der Waals surface area contributed by atoms with Crippen LogP contribution < -0.4 is 0 Å². The van der Waals surface area contributed by atoms with Gasteiger partial charge in [0.05, 0.1) is 6.07 Å². The Morgan fingerprint density at radius 1 is 1.29 bits per heavy atom. The maximum Gasteiger partial charge on any atom is 0.0652 e. The predicted molar refractivity (Wildman–Crippen MR) is 101 cm³/mol. The molecule has 4 atom stereocenters. The molecule has 1 aromatic carbocycles. The first-order valence-corrected chi connectivity index (χ1v) is 9.39. The minimum atomic E-state index is 0.164. The molecule has 0 radical (unpaired) electrons. The molecule has 1 aliphatic heterocycles. The quantitative estimate of drug-likeness (QED) is 0.753. The summed E-state index contributed by atoms with van der Waals surface area (Å²) in [5.41, 5.74) is 1.39. The maximum atomic E-state index is 9.02. The maximum absolute atomic E-state index is 9.02. The van der Waals surface area contributed by atoms with Crippen LogP contribution >= 0.6 is 0 Å². The van der Waals surface area contributed by atoms with Crippen molar-refractivity contribution in [2.24, 2.45) is 11.8 Å². The minimum absolute atomic E-state index is 0.164. The van der Waals surface area contributed by atoms with Crippen LogP contribution in [0.1, 0.15) is 45.6 Å². The summed E-state index contributed by atoms with van der Waals surface area (Å²) in [6.07, 6.45) is 3.34. The molecule has 1 saturated heterocycles. The van der Waals surface area contributed by atoms with Crippen molar-refractivity contribution in [2.75, 3.05) is 20.1 Å². The lowest BCUT2D eigenvalue weighted by molar-refractivity contribution is 0.0398. The minimum Gasteiger partial charge on any atom is -0.303 e. The number of nitrogens with zero attached hydrogens (tertiary/aromatic N) is 3. The summed E-state index contributed by atoms with van der Waals surface area (Å²) in [6.45, 7) is 10.0. The normalized spacial score (nSPS) is 26.2. The van der Waals surface area contributed by atoms with Gasteiger partial charge >= 0.3 is 0 Å². The summed E-state index contributed by atoms with van der Waals surface area (Å²) in [5, 5.41) is 9.02. The van der Waals surface area contributed by atoms with Crippen LogP contribution in [0.4, 0.5) is 0 Å². The number of benzene rings is 1. The highest BCUT2D eigenvalue weighted by Gasteiger charge is 2.32. The van der Waals surface area contributed by atoms with E-state index in [1.54, 1.807) is 0 Å². The first kappa shape index (κ1) is 19.0. The molecule has 3 nitrogen and oxygen atoms in total. The summed E-state index contributed by atoms with van der Waals surface area (Å²) in [5.74, 6) is 0.848. The summed E-state index contributed by atoms with van der Waals surface area (Å²) in [4.78, 5) is 5.16. The Morgan fingerprint density at radius 2 is 2.00 bits per heavy atom. The van der Waals surface area contributed by atoms with E-state index in [1.165, 1.54) is 18.5 Å². The van der Waals surface area contributed by atoms with Crippen LogP contribution in [0.15, 0.2) is 30.3 Å². The number of piperidine rings is 1. The molecule has 0 spiro atoms. The molecule has 2 rings (SSSR count). The summed E-state index contributed by atoms with van der Waals surface area (Å²) in [6, 6.07) is 14.4. The average Bonchev–Trinajstić information content (AvgIpc) is 2.58. The van der Waals surface area contributed by atoms with Crippen molar-refractivity contribution < 1.29 is 0 Å². The van der Waals surface area contributed by atoms with Crippen LogP contribution in [-0.2, 0) is 6.54 Å². The van der Waals surface area contributed by atoms with E-state index in [-0.39, 0.29) is 5.92 Å². The molecule has 132 valence electrons. The van der Waals surface area contributed by atoms with Gasteiger partial charge in [0.1, 0.15) is 0 Å². The van der Waals surface area contributed by atoms with Crippen molar-refractivity contribution >= 4 is 0 Å². The molecule has 0 bridgehead atoms. The Morgan fingerprint density at radius 3 is 2.67 bits per heavy atom. The van der Waals surface area contributed by atoms with Crippen LogP contribution in [0.3, 0.4) is 0 Å². The second kappa shape index (κ2) is 9.20. The first-order valence-electron chi connectivity index (χ1n) is 9.39. The van der Waals surface area contributed by atoms with Gasteiger partial charge in [-0.2, -0.15) is 5.26 Å². The average molecular weight is 328 g/mol. The topological polar surface area (TPSA) is 30.3 Å². The van der Waals surface area contributed by atoms with Gasteiger partial charge in [0.15, 0.2) is 0 Å². The van der Waals surface area contributed by atoms with E-state index in [2.05, 4.69) is 67.1 Å². The van der Waals surface area contributed by atoms with E-state index in [0.717, 1.165) is 25.9 Å². The van der Waals surface area contributed by atoms with Crippen LogP contribution in [0, 0.1) is 23.2 Å². The fraction of sp³-hybridized carbons (Fsp3) is 0.667. The van der Waals surface area contributed by atoms with E-state index in [0.29, 0.717) is 18.0 Å². The zero-order valence-corrected chi connectivity index (χ0v) is 15.8. The fourth-order valence-corrected chi connectivity index (χ4v) is 3.87. The van der Waals surface area contributed by atoms with Gasteiger partial charge in [-0.15, -0.1) is 0 Å². The van der Waals surface area contributed by atoms with Gasteiger partial charge in [0, 0.05) is 31.1 Å². The third-order valence-electron chi connectivity index (χ3n) is 5.57. The highest BCUT2D eigenvalue weighted by molar-refractivity contribution is 5.14. The lowest BCUT2D eigenvalue weighted by Crippen LogP contribution is -2.52. The molecule has 0 saturated carbocycles. The molecule has 24 heavy (non-hydrogen) atoms. The largest absolute Gasteiger partial charge is 0.303 e. The van der Waals surface area contributed by atoms with Crippen molar-refractivity contribution in [3.63, 3.8) is 0 Å². The number of rotatable bonds is 7. The van der Waals surface area contributed by atoms with Crippen molar-refractivity contribution in [3.05, 3.63) is 35.9 Å². The molecule has 1 heterocycles. The molecule has 3 heteroatoms. The summed E-state index contributed by atoms with van der Waals surface area (Å²) in [7, 11) is 2.24. The third kappa shape index (κ3) is 5.33. The predicted octanol–water partition coefficient (Wildman–Crippen LogP) is 4.16. The van der Waals surface area contributed by atoms with Crippen molar-refractivity contribution in [3.8, 4) is 6.07 Å². The highest BCUT2D eigenvalue weighted by atomic mass is 15.2. The van der Waals surface area contributed by atoms with E-state index < -0.39 is 0 Å². The van der Waals surface area contributed by atoms with Crippen LogP contribution in [0.25, 0.3) is 0 Å². The molecule has 1 fully saturated rings. The molecule has 0 N–H and O–H groups in total. The molecule has 0 unspecified atom stereocenters. The molecular weight excluding hydrogens is 294 g/mol. The smallest absolute Gasteiger partial charge is 0.0652 e. The Bertz CT molecular complexity index is 522. The van der Waals surface area contributed by atoms with Crippen LogP contribution in [0.5, 0.6) is 0 Å². The monoisotopic (exact) mass is 327 g/mol. The number of likely N-dealkylation sites (tertiary alicyclic amines) is 1. The van der Waals surface area contributed by atoms with Gasteiger partial charge in [0.25, 0.3) is 0 Å². The van der Waals surface area contributed by atoms with Crippen molar-refractivity contribution in [1.29, 1.82) is 5.26 Å². The Hall–Kier alpha value is -1.37. The van der Waals surface area contributed by atoms with Crippen LogP contribution in [0.2, 0.25) is 0 Å². The Labute approximate surface area is 148 Å². The van der Waals surface area contributed by atoms with Gasteiger partial charge in [-0.1, -0.05) is 37.3 Å². The first-order chi connectivity index (χ1) is 11.5. The number of hydrogen-bond acceptors (Lipinski definition) is 3. The zero-order chi connectivity index (χ0) is 17.5. The van der Waals surface area contributed by atoms with Gasteiger partial charge in [-0.3, -0.25) is 4.90 Å². The summed E-state index contributed by atoms with van der Waals surface area (Å²) < 4.78 is 0. The van der Waals surface area contributed by atoms with Gasteiger partial charge in [-0.25, -0.2) is 0 Å². The number of nitriles is 1. The molecule has 0 aliphatic carbocycles. The van der Waals surface area contributed by atoms with E-state index in [9.17, 15) is 0 Å². The number of hydrogen-bond donors (Lipinski definition) is 0. The second-order valence-electron chi connectivity index (χ2n) is 7.70. The van der Waals surface area contributed by atoms with E-state index in [1.807, 2.05) is 6.92 Å². The molecule has 1 aliphatic rings. The molecule has 0 aromatic heterocycles. The standard InChI is InChI=1S/C21H33N3/c1-17(14-22)9-8-12-24(16-20-10-6-5-7-11-20)21-13-19(3)23(4)15-18(21)2/h5-7,10-11,17-19,21H,8-9,12-13,15-16H2,1-4H3/t17-,18-,19-,21+/m0/s1. The molecule has 0 amide bonds. The summed E-state index contributed by atoms with van der Waals surface area (Å²) >= 11 is 0. The van der Waals surface area contributed by atoms with Crippen molar-refractivity contribution in [2.45, 2.75) is 58.7 Å². The Kier molecular flexibility index (Phi) is 7.27. The molecule has 1 aromatic rings. The zero-order valence-electron chi connectivity index (χ0n) is 15.8. The van der Waals surface area contributed by atoms with Gasteiger partial charge in [0.2, 0.25) is 0 Å². The molecular formula is C21H33N3. The third-order valence-corrected chi connectivity index (χ3v) is 5.57. The second-order valence-corrected chi connectivity index (χ2v) is 7.70. The fourth-order valence-electron chi connectivity index (χ4n) is 3.87. The SMILES string of the molecule is C[C@H](C#N)CCCN(Cc1ccccc1)[C@@H]1C[C@H](C)N(C)C[C@@H]1C. The van der Waals surface area contributed by atoms with E-state index in [4.69, 9.17) is 5.26 Å². The van der Waals surface area contributed by atoms with Crippen molar-refractivity contribution in [1.82, 2.24) is 9.80 Å². The Balaban J connectivity index is 2.05. The van der Waals surface area contributed by atoms with E-state index >= 15 is 0 Å². The van der Waals surface area contributed by atoms with Crippen LogP contribution in [-0.4, -0.2) is 42.0 Å². The van der Waals surface area contributed by atoms with Gasteiger partial charge in [-0.05, 0) is 58.2 Å². The lowest BCUT2D eigenvalue weighted by atomic mass is 9.88. The highest BCUT2D eigenvalue weighted by Crippen LogP contribution is 2.27.